The highest BCUT2D eigenvalue weighted by Crippen LogP contribution is 2.34. The monoisotopic (exact) mass is 249 g/mol. The molecule has 94 valence electrons. The Labute approximate surface area is 94.4 Å². The van der Waals surface area contributed by atoms with Gasteiger partial charge in [-0.3, -0.25) is 10.1 Å². The Balaban J connectivity index is 3.32. The van der Waals surface area contributed by atoms with Crippen molar-refractivity contribution >= 4 is 5.69 Å². The number of rotatable bonds is 3. The van der Waals surface area contributed by atoms with Crippen LogP contribution in [0.25, 0.3) is 0 Å². The van der Waals surface area contributed by atoms with Crippen LogP contribution in [0.15, 0.2) is 18.2 Å². The number of hydrogen-bond acceptors (Lipinski definition) is 4. The van der Waals surface area contributed by atoms with Gasteiger partial charge in [-0.05, 0) is 12.1 Å². The van der Waals surface area contributed by atoms with E-state index in [0.29, 0.717) is 6.07 Å². The summed E-state index contributed by atoms with van der Waals surface area (Å²) in [6, 6.07) is 1.33. The predicted octanol–water partition coefficient (Wildman–Crippen LogP) is 1.57. The van der Waals surface area contributed by atoms with Crippen LogP contribution in [0.2, 0.25) is 0 Å². The Kier molecular flexibility index (Phi) is 3.69. The molecule has 0 spiro atoms. The fraction of sp³-hybridized carbons (Fsp3) is 0.333. The highest BCUT2D eigenvalue weighted by molar-refractivity contribution is 5.46. The van der Waals surface area contributed by atoms with Gasteiger partial charge in [-0.1, -0.05) is 0 Å². The third kappa shape index (κ3) is 2.92. The highest BCUT2D eigenvalue weighted by atomic mass is 19.4. The van der Waals surface area contributed by atoms with Crippen molar-refractivity contribution in [3.63, 3.8) is 0 Å². The number of halogens is 3. The van der Waals surface area contributed by atoms with Gasteiger partial charge in [0.15, 0.2) is 0 Å². The van der Waals surface area contributed by atoms with Crippen molar-refractivity contribution in [2.75, 3.05) is 6.54 Å². The molecular weight excluding hydrogens is 239 g/mol. The molecule has 0 fully saturated rings. The summed E-state index contributed by atoms with van der Waals surface area (Å²) in [5.74, 6) is 0. The second kappa shape index (κ2) is 4.68. The molecule has 0 saturated carbocycles. The lowest BCUT2D eigenvalue weighted by atomic mass is 10.0. The Morgan fingerprint density at radius 2 is 2.00 bits per heavy atom. The first-order valence-electron chi connectivity index (χ1n) is 4.58. The van der Waals surface area contributed by atoms with Crippen LogP contribution in [0, 0.1) is 10.1 Å². The van der Waals surface area contributed by atoms with E-state index >= 15 is 0 Å². The minimum absolute atomic E-state index is 0.00880. The van der Waals surface area contributed by atoms with Crippen molar-refractivity contribution in [1.29, 1.82) is 0 Å². The van der Waals surface area contributed by atoms with Crippen molar-refractivity contribution < 1.29 is 18.1 Å². The van der Waals surface area contributed by atoms with E-state index in [1.165, 1.54) is 0 Å². The van der Waals surface area contributed by atoms with Crippen LogP contribution in [-0.4, -0.2) is 11.5 Å². The number of nitrogens with two attached hydrogens (primary N) is 2. The van der Waals surface area contributed by atoms with Gasteiger partial charge in [-0.15, -0.1) is 0 Å². The minimum atomic E-state index is -4.63. The van der Waals surface area contributed by atoms with Crippen molar-refractivity contribution in [1.82, 2.24) is 0 Å². The van der Waals surface area contributed by atoms with Crippen molar-refractivity contribution in [3.8, 4) is 0 Å². The molecule has 17 heavy (non-hydrogen) atoms. The molecule has 0 bridgehead atoms. The van der Waals surface area contributed by atoms with E-state index in [1.54, 1.807) is 0 Å². The van der Waals surface area contributed by atoms with Crippen LogP contribution in [0.3, 0.4) is 0 Å². The van der Waals surface area contributed by atoms with E-state index in [0.717, 1.165) is 12.1 Å². The molecule has 0 aliphatic rings. The van der Waals surface area contributed by atoms with E-state index in [9.17, 15) is 23.3 Å². The van der Waals surface area contributed by atoms with Gasteiger partial charge in [0, 0.05) is 24.2 Å². The first-order chi connectivity index (χ1) is 7.77. The maximum absolute atomic E-state index is 12.4. The summed E-state index contributed by atoms with van der Waals surface area (Å²) in [7, 11) is 0. The Hall–Kier alpha value is -1.67. The first-order valence-corrected chi connectivity index (χ1v) is 4.58. The smallest absolute Gasteiger partial charge is 0.329 e. The second-order valence-corrected chi connectivity index (χ2v) is 3.37. The number of hydrogen-bond donors (Lipinski definition) is 2. The van der Waals surface area contributed by atoms with Crippen LogP contribution < -0.4 is 11.5 Å². The summed E-state index contributed by atoms with van der Waals surface area (Å²) in [6.45, 7) is -0.0911. The zero-order chi connectivity index (χ0) is 13.2. The van der Waals surface area contributed by atoms with Gasteiger partial charge in [-0.2, -0.15) is 13.2 Å². The molecule has 4 N–H and O–H groups in total. The number of alkyl halides is 3. The lowest BCUT2D eigenvalue weighted by Gasteiger charge is -2.12. The average Bonchev–Trinajstić information content (AvgIpc) is 2.25. The van der Waals surface area contributed by atoms with Crippen LogP contribution in [0.5, 0.6) is 0 Å². The largest absolute Gasteiger partial charge is 0.416 e. The Bertz CT molecular complexity index is 434. The molecule has 1 atom stereocenters. The van der Waals surface area contributed by atoms with Crippen molar-refractivity contribution in [3.05, 3.63) is 39.4 Å². The van der Waals surface area contributed by atoms with Crippen LogP contribution >= 0.6 is 0 Å². The molecule has 0 aliphatic carbocycles. The lowest BCUT2D eigenvalue weighted by molar-refractivity contribution is -0.386. The molecule has 0 amide bonds. The topological polar surface area (TPSA) is 95.2 Å². The Morgan fingerprint density at radius 3 is 2.41 bits per heavy atom. The van der Waals surface area contributed by atoms with Crippen LogP contribution in [0.4, 0.5) is 18.9 Å². The number of nitro benzene ring substituents is 1. The van der Waals surface area contributed by atoms with Gasteiger partial charge in [0.1, 0.15) is 0 Å². The maximum atomic E-state index is 12.4. The summed E-state index contributed by atoms with van der Waals surface area (Å²) in [5, 5.41) is 10.7. The molecule has 0 saturated heterocycles. The summed E-state index contributed by atoms with van der Waals surface area (Å²) < 4.78 is 37.1. The number of nitro groups is 1. The van der Waals surface area contributed by atoms with E-state index in [2.05, 4.69) is 0 Å². The summed E-state index contributed by atoms with van der Waals surface area (Å²) in [6.07, 6.45) is -4.63. The highest BCUT2D eigenvalue weighted by Gasteiger charge is 2.33. The Morgan fingerprint density at radius 1 is 1.41 bits per heavy atom. The predicted molar refractivity (Wildman–Crippen MR) is 54.1 cm³/mol. The van der Waals surface area contributed by atoms with E-state index in [-0.39, 0.29) is 12.1 Å². The molecule has 1 aromatic carbocycles. The van der Waals surface area contributed by atoms with E-state index in [1.807, 2.05) is 0 Å². The van der Waals surface area contributed by atoms with Crippen LogP contribution in [0.1, 0.15) is 17.2 Å². The number of nitrogens with zero attached hydrogens (tertiary/aromatic N) is 1. The number of benzene rings is 1. The zero-order valence-corrected chi connectivity index (χ0v) is 8.57. The third-order valence-electron chi connectivity index (χ3n) is 2.21. The van der Waals surface area contributed by atoms with E-state index < -0.39 is 28.4 Å². The molecule has 5 nitrogen and oxygen atoms in total. The first kappa shape index (κ1) is 13.4. The van der Waals surface area contributed by atoms with Crippen LogP contribution in [-0.2, 0) is 6.18 Å². The molecule has 0 aliphatic heterocycles. The summed E-state index contributed by atoms with van der Waals surface area (Å²) in [4.78, 5) is 9.76. The molecule has 1 unspecified atom stereocenters. The van der Waals surface area contributed by atoms with Gasteiger partial charge < -0.3 is 11.5 Å². The molecular formula is C9H10F3N3O2. The van der Waals surface area contributed by atoms with Crippen molar-refractivity contribution in [2.45, 2.75) is 12.2 Å². The fourth-order valence-electron chi connectivity index (χ4n) is 1.32. The standard InChI is InChI=1S/C9H10F3N3O2/c10-9(11,12)5-1-2-6(7(14)4-13)8(3-5)15(16)17/h1-3,7H,4,13-14H2. The van der Waals surface area contributed by atoms with Gasteiger partial charge in [0.2, 0.25) is 0 Å². The summed E-state index contributed by atoms with van der Waals surface area (Å²) in [5.41, 5.74) is 8.94. The quantitative estimate of drug-likeness (QED) is 0.627. The molecule has 8 heteroatoms. The zero-order valence-electron chi connectivity index (χ0n) is 8.57. The molecule has 1 aromatic rings. The van der Waals surface area contributed by atoms with Gasteiger partial charge in [0.05, 0.1) is 10.5 Å². The third-order valence-corrected chi connectivity index (χ3v) is 2.21. The molecule has 0 heterocycles. The summed E-state index contributed by atoms with van der Waals surface area (Å²) >= 11 is 0. The lowest BCUT2D eigenvalue weighted by Crippen LogP contribution is -2.22. The second-order valence-electron chi connectivity index (χ2n) is 3.37. The van der Waals surface area contributed by atoms with Gasteiger partial charge >= 0.3 is 6.18 Å². The maximum Gasteiger partial charge on any atom is 0.416 e. The van der Waals surface area contributed by atoms with Gasteiger partial charge in [-0.25, -0.2) is 0 Å². The average molecular weight is 249 g/mol. The van der Waals surface area contributed by atoms with Gasteiger partial charge in [0.25, 0.3) is 5.69 Å². The minimum Gasteiger partial charge on any atom is -0.329 e. The molecule has 1 rings (SSSR count). The molecule has 0 aromatic heterocycles. The normalized spacial score (nSPS) is 13.5. The SMILES string of the molecule is NCC(N)c1ccc(C(F)(F)F)cc1[N+](=O)[O-]. The fourth-order valence-corrected chi connectivity index (χ4v) is 1.32. The van der Waals surface area contributed by atoms with E-state index in [4.69, 9.17) is 11.5 Å². The van der Waals surface area contributed by atoms with Crippen molar-refractivity contribution in [2.24, 2.45) is 11.5 Å². The molecule has 0 radical (unpaired) electrons.